The van der Waals surface area contributed by atoms with E-state index in [2.05, 4.69) is 48.6 Å². The van der Waals surface area contributed by atoms with Gasteiger partial charge in [-0.15, -0.1) is 0 Å². The van der Waals surface area contributed by atoms with Crippen LogP contribution in [0.3, 0.4) is 0 Å². The van der Waals surface area contributed by atoms with Gasteiger partial charge in [0.25, 0.3) is 0 Å². The minimum Gasteiger partial charge on any atom is -0.278 e. The predicted molar refractivity (Wildman–Crippen MR) is 78.1 cm³/mol. The monoisotopic (exact) mass is 238 g/mol. The van der Waals surface area contributed by atoms with Crippen LogP contribution in [0.4, 0.5) is 5.69 Å². The van der Waals surface area contributed by atoms with Gasteiger partial charge >= 0.3 is 0 Å². The normalized spacial score (nSPS) is 11.3. The first kappa shape index (κ1) is 12.4. The van der Waals surface area contributed by atoms with E-state index in [0.29, 0.717) is 0 Å². The zero-order valence-electron chi connectivity index (χ0n) is 10.9. The highest BCUT2D eigenvalue weighted by Crippen LogP contribution is 2.10. The maximum absolute atomic E-state index is 4.48. The molecule has 2 nitrogen and oxygen atoms in total. The first-order valence-electron chi connectivity index (χ1n) is 6.24. The van der Waals surface area contributed by atoms with E-state index in [1.165, 1.54) is 11.1 Å². The van der Waals surface area contributed by atoms with Crippen molar-refractivity contribution in [1.29, 1.82) is 0 Å². The van der Waals surface area contributed by atoms with Crippen LogP contribution in [0.15, 0.2) is 59.7 Å². The summed E-state index contributed by atoms with van der Waals surface area (Å²) in [5, 5.41) is 4.48. The molecule has 0 atom stereocenters. The Labute approximate surface area is 108 Å². The van der Waals surface area contributed by atoms with Gasteiger partial charge in [-0.25, -0.2) is 0 Å². The first-order valence-corrected chi connectivity index (χ1v) is 6.24. The van der Waals surface area contributed by atoms with Gasteiger partial charge in [0, 0.05) is 0 Å². The summed E-state index contributed by atoms with van der Waals surface area (Å²) in [4.78, 5) is 0. The molecule has 2 rings (SSSR count). The molecule has 0 aromatic heterocycles. The van der Waals surface area contributed by atoms with Gasteiger partial charge < -0.3 is 0 Å². The first-order chi connectivity index (χ1) is 8.79. The summed E-state index contributed by atoms with van der Waals surface area (Å²) in [6.45, 7) is 4.19. The molecule has 0 radical (unpaired) electrons. The smallest absolute Gasteiger partial charge is 0.0676 e. The molecular weight excluding hydrogens is 220 g/mol. The number of anilines is 1. The Morgan fingerprint density at radius 3 is 2.28 bits per heavy atom. The number of aryl methyl sites for hydroxylation is 1. The van der Waals surface area contributed by atoms with Crippen molar-refractivity contribution in [3.63, 3.8) is 0 Å². The summed E-state index contributed by atoms with van der Waals surface area (Å²) in [6.07, 6.45) is 0.906. The van der Waals surface area contributed by atoms with Crippen LogP contribution < -0.4 is 5.43 Å². The fourth-order valence-electron chi connectivity index (χ4n) is 1.74. The molecule has 0 heterocycles. The number of nitrogens with one attached hydrogen (secondary N) is 1. The molecule has 0 spiro atoms. The van der Waals surface area contributed by atoms with Crippen molar-refractivity contribution in [2.45, 2.75) is 20.3 Å². The lowest BCUT2D eigenvalue weighted by atomic mass is 10.1. The molecule has 0 fully saturated rings. The fourth-order valence-corrected chi connectivity index (χ4v) is 1.74. The van der Waals surface area contributed by atoms with Gasteiger partial charge in [0.2, 0.25) is 0 Å². The molecule has 1 N–H and O–H groups in total. The molecule has 18 heavy (non-hydrogen) atoms. The van der Waals surface area contributed by atoms with Crippen molar-refractivity contribution in [2.24, 2.45) is 5.10 Å². The highest BCUT2D eigenvalue weighted by Gasteiger charge is 1.99. The zero-order chi connectivity index (χ0) is 12.8. The van der Waals surface area contributed by atoms with Crippen LogP contribution in [0.2, 0.25) is 0 Å². The van der Waals surface area contributed by atoms with E-state index in [0.717, 1.165) is 17.8 Å². The molecule has 0 saturated heterocycles. The maximum atomic E-state index is 4.48. The molecule has 0 amide bonds. The quantitative estimate of drug-likeness (QED) is 0.626. The van der Waals surface area contributed by atoms with Gasteiger partial charge in [0.05, 0.1) is 11.4 Å². The van der Waals surface area contributed by atoms with Gasteiger partial charge in [0.15, 0.2) is 0 Å². The number of hydrogen-bond donors (Lipinski definition) is 1. The lowest BCUT2D eigenvalue weighted by Gasteiger charge is -2.06. The summed E-state index contributed by atoms with van der Waals surface area (Å²) < 4.78 is 0. The molecule has 0 aliphatic carbocycles. The highest BCUT2D eigenvalue weighted by molar-refractivity contribution is 6.00. The number of hydrogen-bond acceptors (Lipinski definition) is 2. The Bertz CT molecular complexity index is 513. The lowest BCUT2D eigenvalue weighted by Crippen LogP contribution is -2.02. The third-order valence-electron chi connectivity index (χ3n) is 2.81. The van der Waals surface area contributed by atoms with Gasteiger partial charge in [-0.05, 0) is 31.0 Å². The molecule has 0 aliphatic rings. The largest absolute Gasteiger partial charge is 0.278 e. The van der Waals surface area contributed by atoms with E-state index in [1.807, 2.05) is 30.3 Å². The summed E-state index contributed by atoms with van der Waals surface area (Å²) in [5.74, 6) is 0. The standard InChI is InChI=1S/C16H18N2/c1-3-16(14-7-5-4-6-8-14)18-17-15-11-9-13(2)10-12-15/h4-12,17H,3H2,1-2H3/b18-16-. The van der Waals surface area contributed by atoms with Crippen molar-refractivity contribution in [3.05, 3.63) is 65.7 Å². The van der Waals surface area contributed by atoms with Crippen LogP contribution in [0.5, 0.6) is 0 Å². The van der Waals surface area contributed by atoms with E-state index in [4.69, 9.17) is 0 Å². The average molecular weight is 238 g/mol. The zero-order valence-corrected chi connectivity index (χ0v) is 10.9. The number of nitrogens with zero attached hydrogens (tertiary/aromatic N) is 1. The third-order valence-corrected chi connectivity index (χ3v) is 2.81. The van der Waals surface area contributed by atoms with Gasteiger partial charge in [-0.1, -0.05) is 55.0 Å². The fraction of sp³-hybridized carbons (Fsp3) is 0.188. The lowest BCUT2D eigenvalue weighted by molar-refractivity contribution is 1.22. The molecule has 0 unspecified atom stereocenters. The maximum Gasteiger partial charge on any atom is 0.0676 e. The summed E-state index contributed by atoms with van der Waals surface area (Å²) >= 11 is 0. The molecule has 2 aromatic carbocycles. The van der Waals surface area contributed by atoms with Gasteiger partial charge in [-0.3, -0.25) is 5.43 Å². The van der Waals surface area contributed by atoms with Gasteiger partial charge in [0.1, 0.15) is 0 Å². The minimum atomic E-state index is 0.906. The second-order valence-corrected chi connectivity index (χ2v) is 4.26. The van der Waals surface area contributed by atoms with Crippen LogP contribution in [0, 0.1) is 6.92 Å². The van der Waals surface area contributed by atoms with Crippen LogP contribution in [-0.4, -0.2) is 5.71 Å². The molecule has 0 bridgehead atoms. The van der Waals surface area contributed by atoms with Crippen molar-refractivity contribution in [3.8, 4) is 0 Å². The average Bonchev–Trinajstić information content (AvgIpc) is 2.43. The summed E-state index contributed by atoms with van der Waals surface area (Å²) in [5.41, 5.74) is 7.61. The van der Waals surface area contributed by atoms with Crippen molar-refractivity contribution < 1.29 is 0 Å². The Kier molecular flexibility index (Phi) is 4.13. The van der Waals surface area contributed by atoms with Crippen LogP contribution in [-0.2, 0) is 0 Å². The molecule has 92 valence electrons. The van der Waals surface area contributed by atoms with Crippen molar-refractivity contribution in [2.75, 3.05) is 5.43 Å². The second-order valence-electron chi connectivity index (χ2n) is 4.26. The Morgan fingerprint density at radius 2 is 1.67 bits per heavy atom. The van der Waals surface area contributed by atoms with Crippen LogP contribution >= 0.6 is 0 Å². The molecule has 0 saturated carbocycles. The van der Waals surface area contributed by atoms with E-state index in [9.17, 15) is 0 Å². The molecule has 2 heteroatoms. The van der Waals surface area contributed by atoms with E-state index < -0.39 is 0 Å². The number of rotatable bonds is 4. The van der Waals surface area contributed by atoms with E-state index in [-0.39, 0.29) is 0 Å². The molecule has 0 aliphatic heterocycles. The molecule has 2 aromatic rings. The second kappa shape index (κ2) is 6.01. The van der Waals surface area contributed by atoms with Crippen LogP contribution in [0.1, 0.15) is 24.5 Å². The van der Waals surface area contributed by atoms with E-state index in [1.54, 1.807) is 0 Å². The van der Waals surface area contributed by atoms with Crippen molar-refractivity contribution >= 4 is 11.4 Å². The Hall–Kier alpha value is -2.09. The summed E-state index contributed by atoms with van der Waals surface area (Å²) in [7, 11) is 0. The van der Waals surface area contributed by atoms with Crippen LogP contribution in [0.25, 0.3) is 0 Å². The SMILES string of the molecule is CC/C(=N/Nc1ccc(C)cc1)c1ccccc1. The van der Waals surface area contributed by atoms with Crippen molar-refractivity contribution in [1.82, 2.24) is 0 Å². The topological polar surface area (TPSA) is 24.4 Å². The summed E-state index contributed by atoms with van der Waals surface area (Å²) in [6, 6.07) is 18.5. The number of benzene rings is 2. The van der Waals surface area contributed by atoms with E-state index >= 15 is 0 Å². The third kappa shape index (κ3) is 3.20. The minimum absolute atomic E-state index is 0.906. The highest BCUT2D eigenvalue weighted by atomic mass is 15.3. The molecular formula is C16H18N2. The predicted octanol–water partition coefficient (Wildman–Crippen LogP) is 4.22. The Morgan fingerprint density at radius 1 is 1.00 bits per heavy atom. The Balaban J connectivity index is 2.14. The number of hydrazone groups is 1. The van der Waals surface area contributed by atoms with Gasteiger partial charge in [-0.2, -0.15) is 5.10 Å².